The van der Waals surface area contributed by atoms with Crippen LogP contribution in [-0.2, 0) is 5.54 Å². The number of rotatable bonds is 3. The van der Waals surface area contributed by atoms with E-state index in [0.29, 0.717) is 17.5 Å². The maximum absolute atomic E-state index is 5.47. The van der Waals surface area contributed by atoms with Crippen LogP contribution in [0, 0.1) is 6.92 Å². The fourth-order valence-electron chi connectivity index (χ4n) is 1.32. The van der Waals surface area contributed by atoms with Crippen molar-refractivity contribution in [3.63, 3.8) is 0 Å². The van der Waals surface area contributed by atoms with Gasteiger partial charge < -0.3 is 15.6 Å². The molecule has 0 radical (unpaired) electrons. The van der Waals surface area contributed by atoms with E-state index >= 15 is 0 Å². The van der Waals surface area contributed by atoms with Crippen LogP contribution in [0.2, 0.25) is 0 Å². The molecule has 2 rings (SSSR count). The summed E-state index contributed by atoms with van der Waals surface area (Å²) in [7, 11) is 0. The zero-order valence-corrected chi connectivity index (χ0v) is 7.50. The van der Waals surface area contributed by atoms with Gasteiger partial charge >= 0.3 is 0 Å². The molecule has 5 nitrogen and oxygen atoms in total. The minimum atomic E-state index is -0.229. The van der Waals surface area contributed by atoms with Gasteiger partial charge in [-0.1, -0.05) is 11.7 Å². The monoisotopic (exact) mass is 180 g/mol. The summed E-state index contributed by atoms with van der Waals surface area (Å²) in [6.07, 6.45) is 1.93. The van der Waals surface area contributed by atoms with E-state index in [9.17, 15) is 0 Å². The fraction of sp³-hybridized carbons (Fsp3) is 0.500. The summed E-state index contributed by atoms with van der Waals surface area (Å²) in [5.74, 6) is 1.69. The highest BCUT2D eigenvalue weighted by Gasteiger charge is 2.49. The second kappa shape index (κ2) is 2.48. The van der Waals surface area contributed by atoms with Crippen LogP contribution in [0.25, 0.3) is 0 Å². The number of hydrogen-bond donors (Lipinski definition) is 2. The van der Waals surface area contributed by atoms with Crippen LogP contribution in [0.15, 0.2) is 16.9 Å². The molecule has 70 valence electrons. The summed E-state index contributed by atoms with van der Waals surface area (Å²) < 4.78 is 5.07. The van der Waals surface area contributed by atoms with Gasteiger partial charge in [-0.15, -0.1) is 0 Å². The Bertz CT molecular complexity index is 340. The van der Waals surface area contributed by atoms with E-state index in [-0.39, 0.29) is 5.54 Å². The number of aryl methyl sites for hydroxylation is 1. The van der Waals surface area contributed by atoms with Crippen LogP contribution in [-0.4, -0.2) is 10.1 Å². The summed E-state index contributed by atoms with van der Waals surface area (Å²) in [5.41, 5.74) is 5.24. The smallest absolute Gasteiger partial charge is 0.252 e. The van der Waals surface area contributed by atoms with Crippen molar-refractivity contribution in [1.29, 1.82) is 0 Å². The van der Waals surface area contributed by atoms with Crippen molar-refractivity contribution < 1.29 is 4.52 Å². The van der Waals surface area contributed by atoms with Crippen LogP contribution in [0.5, 0.6) is 0 Å². The molecule has 1 aliphatic rings. The van der Waals surface area contributed by atoms with Crippen molar-refractivity contribution in [3.8, 4) is 0 Å². The molecular formula is C8H12N4O. The molecule has 0 unspecified atom stereocenters. The minimum Gasteiger partial charge on any atom is -0.386 e. The Morgan fingerprint density at radius 2 is 2.38 bits per heavy atom. The summed E-state index contributed by atoms with van der Waals surface area (Å²) in [4.78, 5) is 4.16. The number of hydrogen-bond acceptors (Lipinski definition) is 5. The molecule has 1 aromatic heterocycles. The highest BCUT2D eigenvalue weighted by atomic mass is 16.5. The maximum atomic E-state index is 5.47. The van der Waals surface area contributed by atoms with E-state index in [2.05, 4.69) is 22.0 Å². The molecule has 0 aliphatic heterocycles. The molecule has 0 amide bonds. The lowest BCUT2D eigenvalue weighted by molar-refractivity contribution is 0.327. The molecule has 1 aliphatic carbocycles. The SMILES string of the molecule is C=C(N)NC1(c2nc(C)no2)CC1. The van der Waals surface area contributed by atoms with E-state index in [1.807, 2.05) is 0 Å². The Kier molecular flexibility index (Phi) is 1.55. The third-order valence-electron chi connectivity index (χ3n) is 2.09. The molecule has 0 saturated heterocycles. The number of nitrogens with one attached hydrogen (secondary N) is 1. The van der Waals surface area contributed by atoms with Gasteiger partial charge in [0.2, 0.25) is 0 Å². The minimum absolute atomic E-state index is 0.229. The van der Waals surface area contributed by atoms with Crippen LogP contribution >= 0.6 is 0 Å². The molecule has 1 fully saturated rings. The van der Waals surface area contributed by atoms with Crippen LogP contribution in [0.4, 0.5) is 0 Å². The first kappa shape index (κ1) is 8.10. The van der Waals surface area contributed by atoms with E-state index in [0.717, 1.165) is 12.8 Å². The highest BCUT2D eigenvalue weighted by Crippen LogP contribution is 2.44. The number of nitrogens with zero attached hydrogens (tertiary/aromatic N) is 2. The first-order chi connectivity index (χ1) is 6.12. The molecule has 1 heterocycles. The Morgan fingerprint density at radius 1 is 1.69 bits per heavy atom. The number of aromatic nitrogens is 2. The van der Waals surface area contributed by atoms with Gasteiger partial charge in [-0.2, -0.15) is 4.98 Å². The zero-order chi connectivity index (χ0) is 9.47. The third-order valence-corrected chi connectivity index (χ3v) is 2.09. The van der Waals surface area contributed by atoms with Gasteiger partial charge in [-0.3, -0.25) is 0 Å². The van der Waals surface area contributed by atoms with Crippen molar-refractivity contribution >= 4 is 0 Å². The van der Waals surface area contributed by atoms with Crippen LogP contribution < -0.4 is 11.1 Å². The maximum Gasteiger partial charge on any atom is 0.252 e. The average molecular weight is 180 g/mol. The summed E-state index contributed by atoms with van der Waals surface area (Å²) in [5, 5.41) is 6.78. The molecule has 1 aromatic rings. The molecule has 0 aromatic carbocycles. The standard InChI is InChI=1S/C8H12N4O/c1-5(9)11-8(3-4-8)7-10-6(2)12-13-7/h11H,1,3-4,9H2,2H3. The van der Waals surface area contributed by atoms with Gasteiger partial charge in [0.1, 0.15) is 5.54 Å². The molecule has 0 bridgehead atoms. The van der Waals surface area contributed by atoms with E-state index in [1.54, 1.807) is 6.92 Å². The molecule has 5 heteroatoms. The van der Waals surface area contributed by atoms with Gasteiger partial charge in [-0.05, 0) is 19.8 Å². The lowest BCUT2D eigenvalue weighted by Gasteiger charge is -2.12. The molecule has 0 spiro atoms. The first-order valence-electron chi connectivity index (χ1n) is 4.16. The Morgan fingerprint density at radius 3 is 2.77 bits per heavy atom. The van der Waals surface area contributed by atoms with Gasteiger partial charge in [0, 0.05) is 0 Å². The molecule has 0 atom stereocenters. The van der Waals surface area contributed by atoms with E-state index in [4.69, 9.17) is 10.3 Å². The molecular weight excluding hydrogens is 168 g/mol. The van der Waals surface area contributed by atoms with Crippen LogP contribution in [0.1, 0.15) is 24.6 Å². The zero-order valence-electron chi connectivity index (χ0n) is 7.50. The lowest BCUT2D eigenvalue weighted by Crippen LogP contribution is -2.31. The summed E-state index contributed by atoms with van der Waals surface area (Å²) in [6.45, 7) is 5.38. The summed E-state index contributed by atoms with van der Waals surface area (Å²) in [6, 6.07) is 0. The summed E-state index contributed by atoms with van der Waals surface area (Å²) >= 11 is 0. The fourth-order valence-corrected chi connectivity index (χ4v) is 1.32. The van der Waals surface area contributed by atoms with Crippen molar-refractivity contribution in [1.82, 2.24) is 15.5 Å². The van der Waals surface area contributed by atoms with Crippen molar-refractivity contribution in [3.05, 3.63) is 24.1 Å². The van der Waals surface area contributed by atoms with Crippen molar-refractivity contribution in [2.75, 3.05) is 0 Å². The van der Waals surface area contributed by atoms with Gasteiger partial charge in [-0.25, -0.2) is 0 Å². The molecule has 13 heavy (non-hydrogen) atoms. The Labute approximate surface area is 76.0 Å². The first-order valence-corrected chi connectivity index (χ1v) is 4.16. The predicted molar refractivity (Wildman–Crippen MR) is 46.4 cm³/mol. The van der Waals surface area contributed by atoms with E-state index < -0.39 is 0 Å². The second-order valence-electron chi connectivity index (χ2n) is 3.38. The normalized spacial score (nSPS) is 18.2. The predicted octanol–water partition coefficient (Wildman–Crippen LogP) is 0.387. The topological polar surface area (TPSA) is 77.0 Å². The van der Waals surface area contributed by atoms with Crippen molar-refractivity contribution in [2.45, 2.75) is 25.3 Å². The Hall–Kier alpha value is -1.52. The van der Waals surface area contributed by atoms with Gasteiger partial charge in [0.25, 0.3) is 5.89 Å². The lowest BCUT2D eigenvalue weighted by atomic mass is 10.3. The van der Waals surface area contributed by atoms with Gasteiger partial charge in [0.15, 0.2) is 5.82 Å². The Balaban J connectivity index is 2.20. The molecule has 3 N–H and O–H groups in total. The average Bonchev–Trinajstić information content (AvgIpc) is 2.65. The molecule has 1 saturated carbocycles. The van der Waals surface area contributed by atoms with Crippen LogP contribution in [0.3, 0.4) is 0 Å². The number of nitrogens with two attached hydrogens (primary N) is 1. The highest BCUT2D eigenvalue weighted by molar-refractivity contribution is 5.16. The second-order valence-corrected chi connectivity index (χ2v) is 3.38. The van der Waals surface area contributed by atoms with E-state index in [1.165, 1.54) is 0 Å². The third kappa shape index (κ3) is 1.37. The quantitative estimate of drug-likeness (QED) is 0.703. The van der Waals surface area contributed by atoms with Gasteiger partial charge in [0.05, 0.1) is 5.82 Å². The largest absolute Gasteiger partial charge is 0.386 e. The van der Waals surface area contributed by atoms with Crippen molar-refractivity contribution in [2.24, 2.45) is 5.73 Å².